The largest absolute Gasteiger partial charge is 0.492 e. The third-order valence-corrected chi connectivity index (χ3v) is 5.42. The lowest BCUT2D eigenvalue weighted by Gasteiger charge is -2.22. The number of amides is 1. The van der Waals surface area contributed by atoms with E-state index in [0.29, 0.717) is 24.8 Å². The topological polar surface area (TPSA) is 85.3 Å². The van der Waals surface area contributed by atoms with Gasteiger partial charge in [0, 0.05) is 19.6 Å². The molecule has 1 N–H and O–H groups in total. The number of carbonyl (C=O) groups is 2. The van der Waals surface area contributed by atoms with Crippen molar-refractivity contribution in [3.05, 3.63) is 59.7 Å². The molecule has 7 nitrogen and oxygen atoms in total. The summed E-state index contributed by atoms with van der Waals surface area (Å²) in [5.74, 6) is -0.320. The number of carbonyl (C=O) groups excluding carboxylic acids is 1. The molecule has 35 heavy (non-hydrogen) atoms. The summed E-state index contributed by atoms with van der Waals surface area (Å²) in [6.07, 6.45) is -4.00. The number of hydrogen-bond acceptors (Lipinski definition) is 5. The van der Waals surface area contributed by atoms with Crippen LogP contribution in [0.15, 0.2) is 48.5 Å². The van der Waals surface area contributed by atoms with Crippen molar-refractivity contribution in [2.45, 2.75) is 38.5 Å². The van der Waals surface area contributed by atoms with Gasteiger partial charge in [0.1, 0.15) is 18.1 Å². The quantitative estimate of drug-likeness (QED) is 0.445. The van der Waals surface area contributed by atoms with Crippen LogP contribution < -0.4 is 9.47 Å². The van der Waals surface area contributed by atoms with Gasteiger partial charge in [-0.3, -0.25) is 0 Å². The molecule has 1 aliphatic rings. The number of nitrogens with zero attached hydrogens (tertiary/aromatic N) is 1. The number of halogens is 3. The number of aliphatic carboxylic acids is 1. The highest BCUT2D eigenvalue weighted by molar-refractivity contribution is 5.72. The Morgan fingerprint density at radius 3 is 2.43 bits per heavy atom. The highest BCUT2D eigenvalue weighted by Gasteiger charge is 2.31. The number of hydrogen-bond donors (Lipinski definition) is 1. The molecule has 1 unspecified atom stereocenters. The summed E-state index contributed by atoms with van der Waals surface area (Å²) >= 11 is 0. The van der Waals surface area contributed by atoms with Crippen molar-refractivity contribution in [1.82, 2.24) is 4.90 Å². The van der Waals surface area contributed by atoms with Gasteiger partial charge < -0.3 is 24.2 Å². The first-order chi connectivity index (χ1) is 16.7. The second-order valence-corrected chi connectivity index (χ2v) is 8.26. The Kier molecular flexibility index (Phi) is 8.97. The van der Waals surface area contributed by atoms with Gasteiger partial charge in [-0.2, -0.15) is 13.2 Å². The molecule has 0 radical (unpaired) electrons. The zero-order chi connectivity index (χ0) is 25.4. The smallest absolute Gasteiger partial charge is 0.416 e. The molecule has 0 bridgehead atoms. The van der Waals surface area contributed by atoms with Crippen molar-refractivity contribution in [2.24, 2.45) is 5.92 Å². The average Bonchev–Trinajstić information content (AvgIpc) is 3.63. The van der Waals surface area contributed by atoms with E-state index in [4.69, 9.17) is 14.2 Å². The number of rotatable bonds is 12. The van der Waals surface area contributed by atoms with E-state index in [1.807, 2.05) is 0 Å². The third-order valence-electron chi connectivity index (χ3n) is 5.42. The molecule has 1 saturated carbocycles. The molecule has 3 rings (SSSR count). The summed E-state index contributed by atoms with van der Waals surface area (Å²) in [5.41, 5.74) is -0.113. The first-order valence-corrected chi connectivity index (χ1v) is 11.4. The lowest BCUT2D eigenvalue weighted by Crippen LogP contribution is -2.38. The standard InChI is InChI=1S/C25H28F3NO6/c1-2-33-22(23(30)31)14-17-8-10-20(11-9-17)34-13-12-29(16-18-6-7-18)24(32)35-21-5-3-4-19(15-21)25(26,27)28/h3-5,8-11,15,18,22H,2,6-7,12-14,16H2,1H3,(H,30,31). The van der Waals surface area contributed by atoms with E-state index >= 15 is 0 Å². The summed E-state index contributed by atoms with van der Waals surface area (Å²) in [5, 5.41) is 9.20. The van der Waals surface area contributed by atoms with E-state index in [0.717, 1.165) is 30.5 Å². The minimum atomic E-state index is -4.53. The number of alkyl halides is 3. The molecular weight excluding hydrogens is 467 g/mol. The first kappa shape index (κ1) is 26.3. The Balaban J connectivity index is 1.54. The summed E-state index contributed by atoms with van der Waals surface area (Å²) in [7, 11) is 0. The molecule has 1 fully saturated rings. The SMILES string of the molecule is CCOC(Cc1ccc(OCCN(CC2CC2)C(=O)Oc2cccc(C(F)(F)F)c2)cc1)C(=O)O. The van der Waals surface area contributed by atoms with Crippen LogP contribution in [0.1, 0.15) is 30.9 Å². The maximum absolute atomic E-state index is 12.9. The second-order valence-electron chi connectivity index (χ2n) is 8.26. The molecule has 1 atom stereocenters. The molecule has 10 heteroatoms. The van der Waals surface area contributed by atoms with Crippen molar-refractivity contribution in [3.63, 3.8) is 0 Å². The van der Waals surface area contributed by atoms with E-state index in [2.05, 4.69) is 0 Å². The molecule has 0 aliphatic heterocycles. The van der Waals surface area contributed by atoms with Crippen LogP contribution in [0.4, 0.5) is 18.0 Å². The van der Waals surface area contributed by atoms with Crippen LogP contribution in [0.3, 0.4) is 0 Å². The molecule has 0 saturated heterocycles. The lowest BCUT2D eigenvalue weighted by molar-refractivity contribution is -0.150. The average molecular weight is 495 g/mol. The van der Waals surface area contributed by atoms with Crippen molar-refractivity contribution >= 4 is 12.1 Å². The van der Waals surface area contributed by atoms with Crippen LogP contribution in [0.2, 0.25) is 0 Å². The molecule has 1 amide bonds. The van der Waals surface area contributed by atoms with Crippen LogP contribution in [0.25, 0.3) is 0 Å². The highest BCUT2D eigenvalue weighted by Crippen LogP contribution is 2.32. The number of carboxylic acid groups (broad SMARTS) is 1. The predicted octanol–water partition coefficient (Wildman–Crippen LogP) is 5.03. The van der Waals surface area contributed by atoms with Gasteiger partial charge in [-0.1, -0.05) is 18.2 Å². The van der Waals surface area contributed by atoms with Crippen molar-refractivity contribution in [1.29, 1.82) is 0 Å². The monoisotopic (exact) mass is 495 g/mol. The van der Waals surface area contributed by atoms with E-state index in [1.165, 1.54) is 17.0 Å². The summed E-state index contributed by atoms with van der Waals surface area (Å²) in [6, 6.07) is 11.1. The molecule has 2 aromatic carbocycles. The first-order valence-electron chi connectivity index (χ1n) is 11.4. The molecule has 2 aromatic rings. The molecular formula is C25H28F3NO6. The van der Waals surface area contributed by atoms with E-state index in [9.17, 15) is 27.9 Å². The molecule has 190 valence electrons. The molecule has 0 aromatic heterocycles. The Bertz CT molecular complexity index is 991. The Labute approximate surface area is 201 Å². The highest BCUT2D eigenvalue weighted by atomic mass is 19.4. The van der Waals surface area contributed by atoms with Crippen LogP contribution in [0, 0.1) is 5.92 Å². The van der Waals surface area contributed by atoms with Gasteiger partial charge in [0.2, 0.25) is 0 Å². The minimum Gasteiger partial charge on any atom is -0.492 e. The van der Waals surface area contributed by atoms with Crippen LogP contribution in [-0.2, 0) is 22.1 Å². The third kappa shape index (κ3) is 8.47. The van der Waals surface area contributed by atoms with Gasteiger partial charge in [0.25, 0.3) is 0 Å². The fraction of sp³-hybridized carbons (Fsp3) is 0.440. The van der Waals surface area contributed by atoms with Crippen molar-refractivity contribution < 1.29 is 42.1 Å². The maximum atomic E-state index is 12.9. The Morgan fingerprint density at radius 2 is 1.83 bits per heavy atom. The van der Waals surface area contributed by atoms with Gasteiger partial charge in [-0.15, -0.1) is 0 Å². The molecule has 0 heterocycles. The van der Waals surface area contributed by atoms with Gasteiger partial charge in [-0.05, 0) is 61.6 Å². The Hall–Kier alpha value is -3.27. The zero-order valence-corrected chi connectivity index (χ0v) is 19.3. The molecule has 0 spiro atoms. The van der Waals surface area contributed by atoms with Gasteiger partial charge in [0.15, 0.2) is 6.10 Å². The normalized spacial score (nSPS) is 14.3. The maximum Gasteiger partial charge on any atom is 0.416 e. The fourth-order valence-electron chi connectivity index (χ4n) is 3.40. The van der Waals surface area contributed by atoms with Crippen LogP contribution >= 0.6 is 0 Å². The fourth-order valence-corrected chi connectivity index (χ4v) is 3.40. The Morgan fingerprint density at radius 1 is 1.11 bits per heavy atom. The summed E-state index contributed by atoms with van der Waals surface area (Å²) < 4.78 is 54.9. The number of ether oxygens (including phenoxy) is 3. The van der Waals surface area contributed by atoms with E-state index < -0.39 is 29.9 Å². The number of benzene rings is 2. The molecule has 1 aliphatic carbocycles. The van der Waals surface area contributed by atoms with Gasteiger partial charge in [-0.25, -0.2) is 9.59 Å². The van der Waals surface area contributed by atoms with Gasteiger partial charge >= 0.3 is 18.2 Å². The predicted molar refractivity (Wildman–Crippen MR) is 120 cm³/mol. The minimum absolute atomic E-state index is 0.153. The summed E-state index contributed by atoms with van der Waals surface area (Å²) in [4.78, 5) is 25.3. The van der Waals surface area contributed by atoms with Crippen LogP contribution in [-0.4, -0.2) is 54.5 Å². The number of carboxylic acids is 1. The summed E-state index contributed by atoms with van der Waals surface area (Å²) in [6.45, 7) is 2.82. The van der Waals surface area contributed by atoms with Crippen molar-refractivity contribution in [3.8, 4) is 11.5 Å². The second kappa shape index (κ2) is 11.9. The lowest BCUT2D eigenvalue weighted by atomic mass is 10.1. The van der Waals surface area contributed by atoms with Crippen molar-refractivity contribution in [2.75, 3.05) is 26.3 Å². The van der Waals surface area contributed by atoms with E-state index in [-0.39, 0.29) is 25.3 Å². The zero-order valence-electron chi connectivity index (χ0n) is 19.3. The van der Waals surface area contributed by atoms with Crippen LogP contribution in [0.5, 0.6) is 11.5 Å². The van der Waals surface area contributed by atoms with Gasteiger partial charge in [0.05, 0.1) is 12.1 Å². The van der Waals surface area contributed by atoms with E-state index in [1.54, 1.807) is 31.2 Å².